The van der Waals surface area contributed by atoms with Gasteiger partial charge in [0.05, 0.1) is 5.56 Å². The summed E-state index contributed by atoms with van der Waals surface area (Å²) in [6.07, 6.45) is -4.38. The number of alkyl halides is 3. The van der Waals surface area contributed by atoms with Gasteiger partial charge in [0.2, 0.25) is 0 Å². The molecule has 0 radical (unpaired) electrons. The number of carboxylic acid groups (broad SMARTS) is 2. The molecule has 1 amide bonds. The highest BCUT2D eigenvalue weighted by Gasteiger charge is 2.33. The van der Waals surface area contributed by atoms with Crippen LogP contribution in [-0.2, 0) is 22.3 Å². The average molecular weight is 456 g/mol. The number of hydrogen-bond donors (Lipinski definition) is 2. The summed E-state index contributed by atoms with van der Waals surface area (Å²) in [4.78, 5) is 34.1. The number of carbonyl (C=O) groups excluding carboxylic acids is 1. The number of piperazine rings is 1. The average Bonchev–Trinajstić information content (AvgIpc) is 2.74. The molecular formula is C21H20F4N2O5. The predicted octanol–water partition coefficient (Wildman–Crippen LogP) is 2.96. The normalized spacial score (nSPS) is 14.3. The second kappa shape index (κ2) is 10.7. The minimum atomic E-state index is -4.38. The van der Waals surface area contributed by atoms with Crippen molar-refractivity contribution in [3.05, 3.63) is 71.0 Å². The first-order valence-corrected chi connectivity index (χ1v) is 9.37. The van der Waals surface area contributed by atoms with E-state index in [1.54, 1.807) is 17.0 Å². The topological polar surface area (TPSA) is 98.1 Å². The fourth-order valence-corrected chi connectivity index (χ4v) is 3.09. The molecule has 0 bridgehead atoms. The Morgan fingerprint density at radius 3 is 2.00 bits per heavy atom. The minimum Gasteiger partial charge on any atom is -0.473 e. The van der Waals surface area contributed by atoms with Gasteiger partial charge >= 0.3 is 18.1 Å². The fourth-order valence-electron chi connectivity index (χ4n) is 3.09. The van der Waals surface area contributed by atoms with E-state index < -0.39 is 29.5 Å². The van der Waals surface area contributed by atoms with E-state index in [4.69, 9.17) is 19.8 Å². The molecule has 1 aliphatic rings. The Labute approximate surface area is 180 Å². The van der Waals surface area contributed by atoms with Crippen LogP contribution in [0.5, 0.6) is 0 Å². The summed E-state index contributed by atoms with van der Waals surface area (Å²) in [5, 5.41) is 14.8. The van der Waals surface area contributed by atoms with Crippen molar-refractivity contribution in [2.45, 2.75) is 12.7 Å². The molecule has 0 spiro atoms. The highest BCUT2D eigenvalue weighted by Crippen LogP contribution is 2.32. The van der Waals surface area contributed by atoms with E-state index in [0.717, 1.165) is 6.07 Å². The first kappa shape index (κ1) is 24.8. The van der Waals surface area contributed by atoms with Crippen LogP contribution >= 0.6 is 0 Å². The van der Waals surface area contributed by atoms with Gasteiger partial charge in [0, 0.05) is 38.3 Å². The minimum absolute atomic E-state index is 0.178. The van der Waals surface area contributed by atoms with E-state index in [9.17, 15) is 22.4 Å². The smallest absolute Gasteiger partial charge is 0.416 e. The van der Waals surface area contributed by atoms with E-state index in [-0.39, 0.29) is 23.6 Å². The molecule has 0 saturated carbocycles. The molecule has 2 aromatic carbocycles. The van der Waals surface area contributed by atoms with Crippen molar-refractivity contribution < 1.29 is 42.2 Å². The predicted molar refractivity (Wildman–Crippen MR) is 104 cm³/mol. The zero-order chi connectivity index (χ0) is 23.9. The SMILES string of the molecule is O=C(O)C(=O)O.O=C(c1cccc(F)c1)N1CCN(Cc2ccccc2C(F)(F)F)CC1. The van der Waals surface area contributed by atoms with Crippen molar-refractivity contribution in [2.24, 2.45) is 0 Å². The number of amides is 1. The summed E-state index contributed by atoms with van der Waals surface area (Å²) in [5.74, 6) is -4.39. The number of halogens is 4. The van der Waals surface area contributed by atoms with Crippen LogP contribution in [0.15, 0.2) is 48.5 Å². The molecule has 2 N–H and O–H groups in total. The lowest BCUT2D eigenvalue weighted by Gasteiger charge is -2.35. The molecule has 2 aromatic rings. The standard InChI is InChI=1S/C19H18F4N2O.C2H2O4/c20-16-6-3-5-14(12-16)18(26)25-10-8-24(9-11-25)13-15-4-1-2-7-17(15)19(21,22)23;3-1(4)2(5)6/h1-7,12H,8-11,13H2;(H,3,4)(H,5,6). The van der Waals surface area contributed by atoms with Crippen molar-refractivity contribution in [3.8, 4) is 0 Å². The zero-order valence-electron chi connectivity index (χ0n) is 16.7. The van der Waals surface area contributed by atoms with Crippen LogP contribution in [-0.4, -0.2) is 64.0 Å². The molecule has 0 unspecified atom stereocenters. The van der Waals surface area contributed by atoms with Gasteiger partial charge in [-0.05, 0) is 29.8 Å². The molecule has 1 saturated heterocycles. The maximum absolute atomic E-state index is 13.3. The molecule has 0 aliphatic carbocycles. The summed E-state index contributed by atoms with van der Waals surface area (Å²) in [5.41, 5.74) is -0.121. The first-order chi connectivity index (χ1) is 15.0. The van der Waals surface area contributed by atoms with Crippen LogP contribution in [0.4, 0.5) is 17.6 Å². The van der Waals surface area contributed by atoms with Crippen LogP contribution in [0.25, 0.3) is 0 Å². The van der Waals surface area contributed by atoms with Crippen molar-refractivity contribution in [2.75, 3.05) is 26.2 Å². The number of carboxylic acids is 2. The van der Waals surface area contributed by atoms with Crippen molar-refractivity contribution in [1.82, 2.24) is 9.80 Å². The Bertz CT molecular complexity index is 961. The maximum atomic E-state index is 13.3. The van der Waals surface area contributed by atoms with Gasteiger partial charge < -0.3 is 15.1 Å². The maximum Gasteiger partial charge on any atom is 0.416 e. The highest BCUT2D eigenvalue weighted by molar-refractivity contribution is 6.27. The molecule has 7 nitrogen and oxygen atoms in total. The van der Waals surface area contributed by atoms with E-state index in [1.807, 2.05) is 4.90 Å². The third kappa shape index (κ3) is 7.05. The molecule has 3 rings (SSSR count). The Kier molecular flexibility index (Phi) is 8.30. The lowest BCUT2D eigenvalue weighted by Crippen LogP contribution is -2.48. The molecule has 11 heteroatoms. The lowest BCUT2D eigenvalue weighted by molar-refractivity contribution is -0.159. The fraction of sp³-hybridized carbons (Fsp3) is 0.286. The summed E-state index contributed by atoms with van der Waals surface area (Å²) < 4.78 is 52.5. The number of nitrogens with zero attached hydrogens (tertiary/aromatic N) is 2. The lowest BCUT2D eigenvalue weighted by atomic mass is 10.1. The van der Waals surface area contributed by atoms with Crippen molar-refractivity contribution in [3.63, 3.8) is 0 Å². The van der Waals surface area contributed by atoms with E-state index in [1.165, 1.54) is 30.3 Å². The molecule has 1 fully saturated rings. The Hall–Kier alpha value is -3.47. The number of rotatable bonds is 3. The Morgan fingerprint density at radius 1 is 0.875 bits per heavy atom. The Balaban J connectivity index is 0.000000534. The first-order valence-electron chi connectivity index (χ1n) is 9.37. The van der Waals surface area contributed by atoms with Gasteiger partial charge in [0.1, 0.15) is 5.82 Å². The molecule has 172 valence electrons. The third-order valence-corrected chi connectivity index (χ3v) is 4.63. The summed E-state index contributed by atoms with van der Waals surface area (Å²) in [6, 6.07) is 11.0. The van der Waals surface area contributed by atoms with Crippen LogP contribution in [0.1, 0.15) is 21.5 Å². The van der Waals surface area contributed by atoms with Crippen LogP contribution < -0.4 is 0 Å². The van der Waals surface area contributed by atoms with Gasteiger partial charge in [-0.3, -0.25) is 9.69 Å². The summed E-state index contributed by atoms with van der Waals surface area (Å²) in [6.45, 7) is 1.89. The van der Waals surface area contributed by atoms with E-state index >= 15 is 0 Å². The number of carbonyl (C=O) groups is 3. The highest BCUT2D eigenvalue weighted by atomic mass is 19.4. The van der Waals surface area contributed by atoms with Gasteiger partial charge in [-0.2, -0.15) is 13.2 Å². The van der Waals surface area contributed by atoms with Gasteiger partial charge in [-0.1, -0.05) is 24.3 Å². The van der Waals surface area contributed by atoms with E-state index in [0.29, 0.717) is 26.2 Å². The quantitative estimate of drug-likeness (QED) is 0.545. The zero-order valence-corrected chi connectivity index (χ0v) is 16.7. The molecule has 0 aromatic heterocycles. The Morgan fingerprint density at radius 2 is 1.47 bits per heavy atom. The molecule has 1 aliphatic heterocycles. The second-order valence-electron chi connectivity index (χ2n) is 6.84. The van der Waals surface area contributed by atoms with Crippen LogP contribution in [0.2, 0.25) is 0 Å². The molecule has 0 atom stereocenters. The monoisotopic (exact) mass is 456 g/mol. The van der Waals surface area contributed by atoms with Gasteiger partial charge in [0.15, 0.2) is 0 Å². The van der Waals surface area contributed by atoms with Crippen molar-refractivity contribution >= 4 is 17.8 Å². The molecule has 1 heterocycles. The third-order valence-electron chi connectivity index (χ3n) is 4.63. The molecular weight excluding hydrogens is 436 g/mol. The number of benzene rings is 2. The van der Waals surface area contributed by atoms with Gasteiger partial charge in [-0.15, -0.1) is 0 Å². The second-order valence-corrected chi connectivity index (χ2v) is 6.84. The number of aliphatic carboxylic acids is 2. The number of hydrogen-bond acceptors (Lipinski definition) is 4. The summed E-state index contributed by atoms with van der Waals surface area (Å²) >= 11 is 0. The molecule has 32 heavy (non-hydrogen) atoms. The van der Waals surface area contributed by atoms with Gasteiger partial charge in [0.25, 0.3) is 5.91 Å². The van der Waals surface area contributed by atoms with Crippen LogP contribution in [0.3, 0.4) is 0 Å². The largest absolute Gasteiger partial charge is 0.473 e. The van der Waals surface area contributed by atoms with Crippen molar-refractivity contribution in [1.29, 1.82) is 0 Å². The summed E-state index contributed by atoms with van der Waals surface area (Å²) in [7, 11) is 0. The van der Waals surface area contributed by atoms with E-state index in [2.05, 4.69) is 0 Å². The van der Waals surface area contributed by atoms with Crippen LogP contribution in [0, 0.1) is 5.82 Å². The van der Waals surface area contributed by atoms with Gasteiger partial charge in [-0.25, -0.2) is 14.0 Å².